The Kier molecular flexibility index (Phi) is 5.69. The van der Waals surface area contributed by atoms with Gasteiger partial charge in [-0.15, -0.1) is 0 Å². The van der Waals surface area contributed by atoms with E-state index in [1.54, 1.807) is 6.20 Å². The number of primary amides is 1. The number of amides is 2. The van der Waals surface area contributed by atoms with Gasteiger partial charge >= 0.3 is 0 Å². The van der Waals surface area contributed by atoms with Gasteiger partial charge in [-0.2, -0.15) is 5.10 Å². The molecule has 2 aromatic carbocycles. The number of benzene rings is 2. The molecule has 1 aromatic heterocycles. The smallest absolute Gasteiger partial charge is 0.252 e. The van der Waals surface area contributed by atoms with Gasteiger partial charge in [0.15, 0.2) is 0 Å². The first kappa shape index (κ1) is 21.9. The lowest BCUT2D eigenvalue weighted by molar-refractivity contribution is -0.130. The Morgan fingerprint density at radius 3 is 2.29 bits per heavy atom. The van der Waals surface area contributed by atoms with Gasteiger partial charge in [0.25, 0.3) is 5.91 Å². The molecule has 2 heterocycles. The number of piperidine rings is 1. The molecule has 7 heteroatoms. The molecule has 0 unspecified atom stereocenters. The molecule has 1 saturated carbocycles. The summed E-state index contributed by atoms with van der Waals surface area (Å²) in [6.45, 7) is 5.12. The Hall–Kier alpha value is -3.87. The third-order valence-electron chi connectivity index (χ3n) is 7.13. The van der Waals surface area contributed by atoms with E-state index in [2.05, 4.69) is 6.58 Å². The van der Waals surface area contributed by atoms with Crippen LogP contribution in [0.4, 0.5) is 0 Å². The normalized spacial score (nSPS) is 17.2. The molecule has 1 aliphatic carbocycles. The molecule has 1 saturated heterocycles. The van der Waals surface area contributed by atoms with Gasteiger partial charge in [0.2, 0.25) is 5.91 Å². The van der Waals surface area contributed by atoms with Gasteiger partial charge in [0.1, 0.15) is 17.2 Å². The highest BCUT2D eigenvalue weighted by atomic mass is 16.5. The number of likely N-dealkylation sites (tertiary alicyclic amines) is 1. The molecule has 2 amide bonds. The molecule has 1 aliphatic heterocycles. The molecule has 0 atom stereocenters. The zero-order valence-corrected chi connectivity index (χ0v) is 19.0. The van der Waals surface area contributed by atoms with Crippen LogP contribution in [0, 0.1) is 5.41 Å². The molecular weight excluding hydrogens is 428 g/mol. The van der Waals surface area contributed by atoms with Gasteiger partial charge < -0.3 is 15.4 Å². The fourth-order valence-electron chi connectivity index (χ4n) is 5.14. The fraction of sp³-hybridized carbons (Fsp3) is 0.296. The van der Waals surface area contributed by atoms with Gasteiger partial charge in [-0.05, 0) is 73.6 Å². The van der Waals surface area contributed by atoms with E-state index in [1.165, 1.54) is 6.08 Å². The van der Waals surface area contributed by atoms with E-state index in [1.807, 2.05) is 64.2 Å². The minimum Gasteiger partial charge on any atom is -0.457 e. The predicted molar refractivity (Wildman–Crippen MR) is 129 cm³/mol. The van der Waals surface area contributed by atoms with E-state index in [9.17, 15) is 9.59 Å². The van der Waals surface area contributed by atoms with Crippen molar-refractivity contribution in [2.24, 2.45) is 11.1 Å². The van der Waals surface area contributed by atoms with Crippen LogP contribution < -0.4 is 10.5 Å². The minimum absolute atomic E-state index is 0.00808. The number of ether oxygens (including phenoxy) is 1. The highest BCUT2D eigenvalue weighted by Gasteiger charge is 2.47. The Balaban J connectivity index is 1.29. The number of hydrogen-bond acceptors (Lipinski definition) is 4. The summed E-state index contributed by atoms with van der Waals surface area (Å²) >= 11 is 0. The average molecular weight is 457 g/mol. The van der Waals surface area contributed by atoms with E-state index in [0.29, 0.717) is 17.0 Å². The van der Waals surface area contributed by atoms with E-state index in [0.717, 1.165) is 50.1 Å². The summed E-state index contributed by atoms with van der Waals surface area (Å²) in [7, 11) is 0. The Morgan fingerprint density at radius 2 is 1.68 bits per heavy atom. The van der Waals surface area contributed by atoms with Gasteiger partial charge in [0.05, 0.1) is 11.6 Å². The number of para-hydroxylation sites is 1. The highest BCUT2D eigenvalue weighted by Crippen LogP contribution is 2.54. The fourth-order valence-corrected chi connectivity index (χ4v) is 5.14. The number of rotatable bonds is 6. The molecule has 0 radical (unpaired) electrons. The van der Waals surface area contributed by atoms with Gasteiger partial charge in [-0.3, -0.25) is 14.3 Å². The lowest BCUT2D eigenvalue weighted by Crippen LogP contribution is -2.48. The maximum Gasteiger partial charge on any atom is 0.252 e. The number of nitrogens with two attached hydrogens (primary N) is 1. The third kappa shape index (κ3) is 4.21. The molecule has 34 heavy (non-hydrogen) atoms. The summed E-state index contributed by atoms with van der Waals surface area (Å²) in [5, 5.41) is 4.77. The first-order valence-electron chi connectivity index (χ1n) is 11.6. The van der Waals surface area contributed by atoms with E-state index < -0.39 is 5.91 Å². The first-order chi connectivity index (χ1) is 16.5. The monoisotopic (exact) mass is 456 g/mol. The molecule has 1 spiro atoms. The lowest BCUT2D eigenvalue weighted by atomic mass is 9.60. The zero-order chi connectivity index (χ0) is 23.7. The van der Waals surface area contributed by atoms with Crippen molar-refractivity contribution >= 4 is 11.8 Å². The van der Waals surface area contributed by atoms with Gasteiger partial charge in [0, 0.05) is 24.8 Å². The first-order valence-corrected chi connectivity index (χ1v) is 11.6. The summed E-state index contributed by atoms with van der Waals surface area (Å²) in [6.07, 6.45) is 7.13. The SMILES string of the molecule is C=CC(=O)N1CCC2(CC1)CC(n1cc(C(N)=O)c(-c3ccc(Oc4ccccc4)cc3)n1)C2. The summed E-state index contributed by atoms with van der Waals surface area (Å²) < 4.78 is 7.76. The van der Waals surface area contributed by atoms with Crippen molar-refractivity contribution in [3.8, 4) is 22.8 Å². The summed E-state index contributed by atoms with van der Waals surface area (Å²) in [5.41, 5.74) is 7.76. The van der Waals surface area contributed by atoms with Crippen LogP contribution in [-0.4, -0.2) is 39.6 Å². The summed E-state index contributed by atoms with van der Waals surface area (Å²) in [6, 6.07) is 17.3. The maximum atomic E-state index is 12.2. The Bertz CT molecular complexity index is 1200. The van der Waals surface area contributed by atoms with Crippen LogP contribution in [0.15, 0.2) is 73.4 Å². The van der Waals surface area contributed by atoms with Crippen molar-refractivity contribution < 1.29 is 14.3 Å². The van der Waals surface area contributed by atoms with E-state index in [-0.39, 0.29) is 17.4 Å². The maximum absolute atomic E-state index is 12.2. The second-order valence-electron chi connectivity index (χ2n) is 9.27. The van der Waals surface area contributed by atoms with Crippen LogP contribution in [0.25, 0.3) is 11.3 Å². The van der Waals surface area contributed by atoms with Crippen LogP contribution in [0.2, 0.25) is 0 Å². The van der Waals surface area contributed by atoms with Crippen molar-refractivity contribution in [1.29, 1.82) is 0 Å². The number of carbonyl (C=O) groups excluding carboxylic acids is 2. The van der Waals surface area contributed by atoms with E-state index >= 15 is 0 Å². The molecule has 5 rings (SSSR count). The van der Waals surface area contributed by atoms with E-state index in [4.69, 9.17) is 15.6 Å². The quantitative estimate of drug-likeness (QED) is 0.550. The molecule has 2 aliphatic rings. The largest absolute Gasteiger partial charge is 0.457 e. The molecular formula is C27H28N4O3. The average Bonchev–Trinajstić information content (AvgIpc) is 3.29. The second-order valence-corrected chi connectivity index (χ2v) is 9.27. The summed E-state index contributed by atoms with van der Waals surface area (Å²) in [5.74, 6) is 0.984. The second kappa shape index (κ2) is 8.82. The van der Waals surface area contributed by atoms with Crippen molar-refractivity contribution in [1.82, 2.24) is 14.7 Å². The lowest BCUT2D eigenvalue weighted by Gasteiger charge is -2.52. The van der Waals surface area contributed by atoms with Crippen molar-refractivity contribution in [3.05, 3.63) is 79.0 Å². The zero-order valence-electron chi connectivity index (χ0n) is 19.0. The van der Waals surface area contributed by atoms with Crippen LogP contribution in [-0.2, 0) is 4.79 Å². The number of carbonyl (C=O) groups is 2. The van der Waals surface area contributed by atoms with Crippen LogP contribution in [0.1, 0.15) is 42.1 Å². The topological polar surface area (TPSA) is 90.5 Å². The molecule has 174 valence electrons. The standard InChI is InChI=1S/C27H28N4O3/c1-2-24(32)30-14-12-27(13-15-30)16-20(17-27)31-18-23(26(28)33)25(29-31)19-8-10-22(11-9-19)34-21-6-4-3-5-7-21/h2-11,18,20H,1,12-17H2,(H2,28,33). The Labute approximate surface area is 198 Å². The van der Waals surface area contributed by atoms with Crippen molar-refractivity contribution in [3.63, 3.8) is 0 Å². The third-order valence-corrected chi connectivity index (χ3v) is 7.13. The van der Waals surface area contributed by atoms with Crippen LogP contribution in [0.3, 0.4) is 0 Å². The molecule has 2 N–H and O–H groups in total. The molecule has 2 fully saturated rings. The van der Waals surface area contributed by atoms with Crippen molar-refractivity contribution in [2.45, 2.75) is 31.7 Å². The predicted octanol–water partition coefficient (Wildman–Crippen LogP) is 4.57. The van der Waals surface area contributed by atoms with Gasteiger partial charge in [-0.25, -0.2) is 0 Å². The van der Waals surface area contributed by atoms with Gasteiger partial charge in [-0.1, -0.05) is 24.8 Å². The number of hydrogen-bond donors (Lipinski definition) is 1. The minimum atomic E-state index is -0.490. The Morgan fingerprint density at radius 1 is 1.03 bits per heavy atom. The summed E-state index contributed by atoms with van der Waals surface area (Å²) in [4.78, 5) is 25.9. The van der Waals surface area contributed by atoms with Crippen LogP contribution >= 0.6 is 0 Å². The van der Waals surface area contributed by atoms with Crippen LogP contribution in [0.5, 0.6) is 11.5 Å². The molecule has 0 bridgehead atoms. The number of nitrogens with zero attached hydrogens (tertiary/aromatic N) is 3. The molecule has 7 nitrogen and oxygen atoms in total. The molecule has 3 aromatic rings. The number of aromatic nitrogens is 2. The highest BCUT2D eigenvalue weighted by molar-refractivity contribution is 5.98. The van der Waals surface area contributed by atoms with Crippen molar-refractivity contribution in [2.75, 3.05) is 13.1 Å².